The van der Waals surface area contributed by atoms with Gasteiger partial charge in [0, 0.05) is 19.8 Å². The Morgan fingerprint density at radius 1 is 1.12 bits per heavy atom. The monoisotopic (exact) mass is 322 g/mol. The summed E-state index contributed by atoms with van der Waals surface area (Å²) in [6.07, 6.45) is 1.94. The molecule has 2 heterocycles. The molecule has 0 spiro atoms. The summed E-state index contributed by atoms with van der Waals surface area (Å²) in [6, 6.07) is 13.4. The van der Waals surface area contributed by atoms with Gasteiger partial charge in [-0.1, -0.05) is 18.2 Å². The Hall–Kier alpha value is -3.22. The van der Waals surface area contributed by atoms with Gasteiger partial charge in [0.05, 0.1) is 11.4 Å². The molecule has 0 atom stereocenters. The van der Waals surface area contributed by atoms with Crippen molar-refractivity contribution in [1.82, 2.24) is 25.3 Å². The molecule has 0 bridgehead atoms. The van der Waals surface area contributed by atoms with E-state index < -0.39 is 0 Å². The van der Waals surface area contributed by atoms with E-state index in [0.29, 0.717) is 12.4 Å². The smallest absolute Gasteiger partial charge is 0.271 e. The first-order chi connectivity index (χ1) is 11.7. The molecule has 0 fully saturated rings. The summed E-state index contributed by atoms with van der Waals surface area (Å²) in [5.41, 5.74) is 3.34. The maximum absolute atomic E-state index is 11.5. The van der Waals surface area contributed by atoms with Gasteiger partial charge in [-0.15, -0.1) is 10.2 Å². The first-order valence-electron chi connectivity index (χ1n) is 7.57. The zero-order valence-corrected chi connectivity index (χ0v) is 13.5. The summed E-state index contributed by atoms with van der Waals surface area (Å²) in [6.45, 7) is 2.53. The summed E-state index contributed by atoms with van der Waals surface area (Å²) in [5.74, 6) is 0.350. The van der Waals surface area contributed by atoms with Crippen molar-refractivity contribution in [1.29, 1.82) is 0 Å². The predicted molar refractivity (Wildman–Crippen MR) is 91.0 cm³/mol. The molecule has 2 N–H and O–H groups in total. The number of carbonyl (C=O) groups is 1. The molecule has 3 rings (SSSR count). The summed E-state index contributed by atoms with van der Waals surface area (Å²) >= 11 is 0. The molecule has 3 aromatic rings. The van der Waals surface area contributed by atoms with Gasteiger partial charge in [-0.2, -0.15) is 5.10 Å². The van der Waals surface area contributed by atoms with Gasteiger partial charge in [0.15, 0.2) is 5.69 Å². The third-order valence-electron chi connectivity index (χ3n) is 3.55. The van der Waals surface area contributed by atoms with Crippen LogP contribution in [0.25, 0.3) is 5.69 Å². The van der Waals surface area contributed by atoms with Crippen molar-refractivity contribution >= 4 is 11.7 Å². The average molecular weight is 322 g/mol. The molecule has 7 nitrogen and oxygen atoms in total. The molecular formula is C17H18N6O. The van der Waals surface area contributed by atoms with Crippen LogP contribution in [0.5, 0.6) is 0 Å². The minimum Gasteiger partial charge on any atom is -0.364 e. The van der Waals surface area contributed by atoms with E-state index in [4.69, 9.17) is 0 Å². The lowest BCUT2D eigenvalue weighted by Gasteiger charge is -2.11. The van der Waals surface area contributed by atoms with Crippen molar-refractivity contribution in [3.8, 4) is 5.69 Å². The molecule has 122 valence electrons. The number of para-hydroxylation sites is 1. The fourth-order valence-electron chi connectivity index (χ4n) is 2.29. The molecule has 0 aliphatic carbocycles. The van der Waals surface area contributed by atoms with Gasteiger partial charge in [-0.25, -0.2) is 4.68 Å². The van der Waals surface area contributed by atoms with Crippen LogP contribution in [-0.2, 0) is 6.54 Å². The largest absolute Gasteiger partial charge is 0.364 e. The van der Waals surface area contributed by atoms with Crippen molar-refractivity contribution < 1.29 is 4.79 Å². The van der Waals surface area contributed by atoms with Crippen LogP contribution in [-0.4, -0.2) is 32.9 Å². The highest BCUT2D eigenvalue weighted by Crippen LogP contribution is 2.15. The lowest BCUT2D eigenvalue weighted by Crippen LogP contribution is -2.19. The topological polar surface area (TPSA) is 84.7 Å². The molecule has 24 heavy (non-hydrogen) atoms. The molecule has 0 aliphatic heterocycles. The van der Waals surface area contributed by atoms with Crippen molar-refractivity contribution in [3.63, 3.8) is 0 Å². The molecule has 0 saturated heterocycles. The van der Waals surface area contributed by atoms with E-state index >= 15 is 0 Å². The zero-order chi connectivity index (χ0) is 16.9. The van der Waals surface area contributed by atoms with Gasteiger partial charge >= 0.3 is 0 Å². The summed E-state index contributed by atoms with van der Waals surface area (Å²) in [5, 5.41) is 18.1. The highest BCUT2D eigenvalue weighted by atomic mass is 16.1. The Bertz CT molecular complexity index is 840. The van der Waals surface area contributed by atoms with E-state index in [-0.39, 0.29) is 11.6 Å². The molecule has 1 amide bonds. The van der Waals surface area contributed by atoms with Crippen LogP contribution < -0.4 is 10.6 Å². The molecule has 0 saturated carbocycles. The average Bonchev–Trinajstić information content (AvgIpc) is 3.06. The van der Waals surface area contributed by atoms with Gasteiger partial charge in [-0.05, 0) is 36.8 Å². The summed E-state index contributed by atoms with van der Waals surface area (Å²) in [7, 11) is 1.56. The Morgan fingerprint density at radius 2 is 1.96 bits per heavy atom. The summed E-state index contributed by atoms with van der Waals surface area (Å²) < 4.78 is 1.85. The Morgan fingerprint density at radius 3 is 2.62 bits per heavy atom. The lowest BCUT2D eigenvalue weighted by molar-refractivity contribution is 0.0957. The highest BCUT2D eigenvalue weighted by Gasteiger charge is 2.07. The van der Waals surface area contributed by atoms with Crippen molar-refractivity contribution in [2.24, 2.45) is 0 Å². The number of nitrogens with one attached hydrogen (secondary N) is 2. The lowest BCUT2D eigenvalue weighted by atomic mass is 10.2. The van der Waals surface area contributed by atoms with Crippen molar-refractivity contribution in [2.75, 3.05) is 12.4 Å². The maximum atomic E-state index is 11.5. The first-order valence-corrected chi connectivity index (χ1v) is 7.57. The number of amides is 1. The van der Waals surface area contributed by atoms with E-state index in [1.807, 2.05) is 48.1 Å². The Kier molecular flexibility index (Phi) is 4.51. The number of aromatic nitrogens is 4. The van der Waals surface area contributed by atoms with E-state index in [1.165, 1.54) is 0 Å². The predicted octanol–water partition coefficient (Wildman–Crippen LogP) is 1.94. The fraction of sp³-hybridized carbons (Fsp3) is 0.176. The van der Waals surface area contributed by atoms with Crippen molar-refractivity contribution in [2.45, 2.75) is 13.5 Å². The van der Waals surface area contributed by atoms with Gasteiger partial charge in [0.25, 0.3) is 5.91 Å². The maximum Gasteiger partial charge on any atom is 0.271 e. The second-order valence-electron chi connectivity index (χ2n) is 5.27. The quantitative estimate of drug-likeness (QED) is 0.750. The number of hydrogen-bond donors (Lipinski definition) is 2. The van der Waals surface area contributed by atoms with Gasteiger partial charge < -0.3 is 10.6 Å². The molecule has 0 radical (unpaired) electrons. The normalized spacial score (nSPS) is 10.4. The van der Waals surface area contributed by atoms with Gasteiger partial charge in [0.1, 0.15) is 5.82 Å². The second-order valence-corrected chi connectivity index (χ2v) is 5.27. The van der Waals surface area contributed by atoms with Crippen LogP contribution in [0.3, 0.4) is 0 Å². The van der Waals surface area contributed by atoms with Crippen LogP contribution in [0.15, 0.2) is 48.7 Å². The van der Waals surface area contributed by atoms with E-state index in [2.05, 4.69) is 25.9 Å². The second kappa shape index (κ2) is 6.91. The molecular weight excluding hydrogens is 304 g/mol. The molecule has 1 aromatic carbocycles. The standard InChI is InChI=1S/C17H18N6O/c1-12-9-10-23(22-12)15-6-4-3-5-13(15)11-19-16-8-7-14(20-21-16)17(24)18-2/h3-10H,11H2,1-2H3,(H,18,24)(H,19,21). The first kappa shape index (κ1) is 15.7. The number of benzene rings is 1. The summed E-state index contributed by atoms with van der Waals surface area (Å²) in [4.78, 5) is 11.5. The zero-order valence-electron chi connectivity index (χ0n) is 13.5. The van der Waals surface area contributed by atoms with Crippen LogP contribution in [0, 0.1) is 6.92 Å². The van der Waals surface area contributed by atoms with E-state index in [0.717, 1.165) is 16.9 Å². The molecule has 2 aromatic heterocycles. The SMILES string of the molecule is CNC(=O)c1ccc(NCc2ccccc2-n2ccc(C)n2)nn1. The van der Waals surface area contributed by atoms with Crippen LogP contribution in [0.1, 0.15) is 21.7 Å². The number of anilines is 1. The minimum absolute atomic E-state index is 0.256. The fourth-order valence-corrected chi connectivity index (χ4v) is 2.29. The molecule has 0 aliphatic rings. The van der Waals surface area contributed by atoms with Crippen LogP contribution in [0.4, 0.5) is 5.82 Å². The number of carbonyl (C=O) groups excluding carboxylic acids is 1. The Balaban J connectivity index is 1.74. The minimum atomic E-state index is -0.256. The highest BCUT2D eigenvalue weighted by molar-refractivity contribution is 5.91. The van der Waals surface area contributed by atoms with Gasteiger partial charge in [-0.3, -0.25) is 4.79 Å². The van der Waals surface area contributed by atoms with Crippen molar-refractivity contribution in [3.05, 3.63) is 65.6 Å². The number of hydrogen-bond acceptors (Lipinski definition) is 5. The van der Waals surface area contributed by atoms with E-state index in [1.54, 1.807) is 19.2 Å². The Labute approximate surface area is 139 Å². The number of aryl methyl sites for hydroxylation is 1. The third-order valence-corrected chi connectivity index (χ3v) is 3.55. The van der Waals surface area contributed by atoms with Crippen LogP contribution >= 0.6 is 0 Å². The number of nitrogens with zero attached hydrogens (tertiary/aromatic N) is 4. The number of rotatable bonds is 5. The molecule has 0 unspecified atom stereocenters. The van der Waals surface area contributed by atoms with Crippen LogP contribution in [0.2, 0.25) is 0 Å². The molecule has 7 heteroatoms. The van der Waals surface area contributed by atoms with Gasteiger partial charge in [0.2, 0.25) is 0 Å². The third kappa shape index (κ3) is 3.40. The van der Waals surface area contributed by atoms with E-state index in [9.17, 15) is 4.79 Å².